The smallest absolute Gasteiger partial charge is 0.306 e. The van der Waals surface area contributed by atoms with E-state index in [9.17, 15) is 14.0 Å². The Morgan fingerprint density at radius 2 is 2.08 bits per heavy atom. The van der Waals surface area contributed by atoms with Crippen molar-refractivity contribution < 1.29 is 23.8 Å². The zero-order chi connectivity index (χ0) is 18.0. The Labute approximate surface area is 142 Å². The molecule has 132 valence electrons. The van der Waals surface area contributed by atoms with Gasteiger partial charge in [0.15, 0.2) is 5.69 Å². The van der Waals surface area contributed by atoms with Crippen LogP contribution in [0.25, 0.3) is 5.69 Å². The van der Waals surface area contributed by atoms with E-state index < -0.39 is 12.1 Å². The molecule has 1 saturated heterocycles. The van der Waals surface area contributed by atoms with Gasteiger partial charge in [0.05, 0.1) is 30.5 Å². The van der Waals surface area contributed by atoms with E-state index in [-0.39, 0.29) is 37.0 Å². The molecule has 25 heavy (non-hydrogen) atoms. The Hall–Kier alpha value is -2.81. The van der Waals surface area contributed by atoms with Crippen molar-refractivity contribution in [3.05, 3.63) is 41.5 Å². The highest BCUT2D eigenvalue weighted by atomic mass is 19.1. The molecule has 1 amide bonds. The van der Waals surface area contributed by atoms with Crippen molar-refractivity contribution in [3.63, 3.8) is 0 Å². The highest BCUT2D eigenvalue weighted by molar-refractivity contribution is 5.93. The van der Waals surface area contributed by atoms with Crippen LogP contribution in [-0.2, 0) is 9.53 Å². The molecule has 0 unspecified atom stereocenters. The number of benzene rings is 1. The molecule has 1 aromatic carbocycles. The third-order valence-corrected chi connectivity index (χ3v) is 4.00. The number of carboxylic acid groups (broad SMARTS) is 1. The minimum absolute atomic E-state index is 0.162. The Kier molecular flexibility index (Phi) is 4.75. The van der Waals surface area contributed by atoms with Crippen LogP contribution in [0.5, 0.6) is 0 Å². The number of carbonyl (C=O) groups excluding carboxylic acids is 1. The molecule has 8 nitrogen and oxygen atoms in total. The molecule has 0 radical (unpaired) electrons. The van der Waals surface area contributed by atoms with Gasteiger partial charge in [-0.2, -0.15) is 0 Å². The van der Waals surface area contributed by atoms with Gasteiger partial charge < -0.3 is 14.7 Å². The summed E-state index contributed by atoms with van der Waals surface area (Å²) in [6.45, 7) is 2.52. The lowest BCUT2D eigenvalue weighted by atomic mass is 10.2. The summed E-state index contributed by atoms with van der Waals surface area (Å²) in [4.78, 5) is 25.0. The van der Waals surface area contributed by atoms with E-state index in [1.54, 1.807) is 19.1 Å². The largest absolute Gasteiger partial charge is 0.481 e. The summed E-state index contributed by atoms with van der Waals surface area (Å²) < 4.78 is 19.9. The van der Waals surface area contributed by atoms with Crippen LogP contribution in [-0.4, -0.2) is 62.7 Å². The standard InChI is InChI=1S/C16H17FN4O4/c1-10-15(18-19-21(10)12-4-2-11(17)3-5-12)16(24)20-6-7-25-13(9-20)8-14(22)23/h2-5,13H,6-9H2,1H3,(H,22,23)/t13-/m1/s1. The van der Waals surface area contributed by atoms with Crippen LogP contribution in [0, 0.1) is 12.7 Å². The number of carboxylic acids is 1. The quantitative estimate of drug-likeness (QED) is 0.886. The molecule has 1 aliphatic heterocycles. The number of aliphatic carboxylic acids is 1. The summed E-state index contributed by atoms with van der Waals surface area (Å²) in [6, 6.07) is 5.69. The van der Waals surface area contributed by atoms with Crippen LogP contribution in [0.2, 0.25) is 0 Å². The Balaban J connectivity index is 1.79. The Morgan fingerprint density at radius 3 is 2.76 bits per heavy atom. The van der Waals surface area contributed by atoms with Gasteiger partial charge in [-0.1, -0.05) is 5.21 Å². The van der Waals surface area contributed by atoms with Crippen molar-refractivity contribution in [2.24, 2.45) is 0 Å². The minimum atomic E-state index is -0.974. The summed E-state index contributed by atoms with van der Waals surface area (Å²) in [6.07, 6.45) is -0.701. The van der Waals surface area contributed by atoms with E-state index in [0.717, 1.165) is 0 Å². The molecule has 0 saturated carbocycles. The van der Waals surface area contributed by atoms with Gasteiger partial charge >= 0.3 is 5.97 Å². The van der Waals surface area contributed by atoms with Gasteiger partial charge in [0.2, 0.25) is 0 Å². The molecule has 0 bridgehead atoms. The van der Waals surface area contributed by atoms with Gasteiger partial charge in [0, 0.05) is 13.1 Å². The van der Waals surface area contributed by atoms with Crippen molar-refractivity contribution in [2.75, 3.05) is 19.7 Å². The van der Waals surface area contributed by atoms with Gasteiger partial charge in [-0.05, 0) is 31.2 Å². The van der Waals surface area contributed by atoms with E-state index in [0.29, 0.717) is 17.9 Å². The zero-order valence-corrected chi connectivity index (χ0v) is 13.6. The molecule has 1 aromatic heterocycles. The first-order valence-electron chi connectivity index (χ1n) is 7.76. The van der Waals surface area contributed by atoms with E-state index in [1.165, 1.54) is 21.7 Å². The lowest BCUT2D eigenvalue weighted by molar-refractivity contribution is -0.141. The molecule has 2 aromatic rings. The van der Waals surface area contributed by atoms with E-state index in [2.05, 4.69) is 10.3 Å². The lowest BCUT2D eigenvalue weighted by Crippen LogP contribution is -2.46. The van der Waals surface area contributed by atoms with Crippen LogP contribution < -0.4 is 0 Å². The lowest BCUT2D eigenvalue weighted by Gasteiger charge is -2.31. The number of aromatic nitrogens is 3. The van der Waals surface area contributed by atoms with Crippen LogP contribution in [0.1, 0.15) is 22.6 Å². The fraction of sp³-hybridized carbons (Fsp3) is 0.375. The molecule has 1 atom stereocenters. The predicted octanol–water partition coefficient (Wildman–Crippen LogP) is 1.03. The summed E-state index contributed by atoms with van der Waals surface area (Å²) >= 11 is 0. The zero-order valence-electron chi connectivity index (χ0n) is 13.6. The highest BCUT2D eigenvalue weighted by Gasteiger charge is 2.29. The molecular formula is C16H17FN4O4. The normalized spacial score (nSPS) is 17.5. The number of ether oxygens (including phenoxy) is 1. The second-order valence-electron chi connectivity index (χ2n) is 5.75. The SMILES string of the molecule is Cc1c(C(=O)N2CCO[C@H](CC(=O)O)C2)nnn1-c1ccc(F)cc1. The van der Waals surface area contributed by atoms with Crippen molar-refractivity contribution in [2.45, 2.75) is 19.4 Å². The highest BCUT2D eigenvalue weighted by Crippen LogP contribution is 2.17. The van der Waals surface area contributed by atoms with Crippen molar-refractivity contribution in [1.29, 1.82) is 0 Å². The van der Waals surface area contributed by atoms with Crippen LogP contribution in [0.4, 0.5) is 4.39 Å². The predicted molar refractivity (Wildman–Crippen MR) is 84.0 cm³/mol. The first kappa shape index (κ1) is 17.0. The Morgan fingerprint density at radius 1 is 1.36 bits per heavy atom. The molecular weight excluding hydrogens is 331 g/mol. The maximum absolute atomic E-state index is 13.0. The van der Waals surface area contributed by atoms with E-state index >= 15 is 0 Å². The maximum atomic E-state index is 13.0. The van der Waals surface area contributed by atoms with Crippen molar-refractivity contribution in [3.8, 4) is 5.69 Å². The number of rotatable bonds is 4. The number of halogens is 1. The second-order valence-corrected chi connectivity index (χ2v) is 5.75. The van der Waals surface area contributed by atoms with Crippen LogP contribution in [0.15, 0.2) is 24.3 Å². The Bertz CT molecular complexity index is 790. The monoisotopic (exact) mass is 348 g/mol. The van der Waals surface area contributed by atoms with E-state index in [1.807, 2.05) is 0 Å². The average molecular weight is 348 g/mol. The van der Waals surface area contributed by atoms with E-state index in [4.69, 9.17) is 9.84 Å². The fourth-order valence-electron chi connectivity index (χ4n) is 2.73. The van der Waals surface area contributed by atoms with Gasteiger partial charge in [-0.15, -0.1) is 5.10 Å². The number of carbonyl (C=O) groups is 2. The third-order valence-electron chi connectivity index (χ3n) is 4.00. The topological polar surface area (TPSA) is 97.6 Å². The third kappa shape index (κ3) is 3.66. The molecule has 1 N–H and O–H groups in total. The number of hydrogen-bond acceptors (Lipinski definition) is 5. The molecule has 2 heterocycles. The molecule has 3 rings (SSSR count). The summed E-state index contributed by atoms with van der Waals surface area (Å²) in [5.74, 6) is -1.67. The van der Waals surface area contributed by atoms with Crippen LogP contribution in [0.3, 0.4) is 0 Å². The first-order chi connectivity index (χ1) is 12.0. The minimum Gasteiger partial charge on any atom is -0.481 e. The number of amides is 1. The van der Waals surface area contributed by atoms with Gasteiger partial charge in [0.1, 0.15) is 5.82 Å². The second kappa shape index (κ2) is 6.98. The summed E-state index contributed by atoms with van der Waals surface area (Å²) in [5, 5.41) is 16.8. The molecule has 0 spiro atoms. The molecule has 1 aliphatic rings. The number of nitrogens with zero attached hydrogens (tertiary/aromatic N) is 4. The van der Waals surface area contributed by atoms with Crippen molar-refractivity contribution >= 4 is 11.9 Å². The first-order valence-corrected chi connectivity index (χ1v) is 7.76. The number of hydrogen-bond donors (Lipinski definition) is 1. The molecule has 1 fully saturated rings. The summed E-state index contributed by atoms with van der Waals surface area (Å²) in [7, 11) is 0. The molecule has 9 heteroatoms. The average Bonchev–Trinajstić information content (AvgIpc) is 2.96. The maximum Gasteiger partial charge on any atom is 0.306 e. The fourth-order valence-corrected chi connectivity index (χ4v) is 2.73. The van der Waals surface area contributed by atoms with Gasteiger partial charge in [-0.25, -0.2) is 9.07 Å². The van der Waals surface area contributed by atoms with Crippen molar-refractivity contribution in [1.82, 2.24) is 19.9 Å². The van der Waals surface area contributed by atoms with Gasteiger partial charge in [0.25, 0.3) is 5.91 Å². The van der Waals surface area contributed by atoms with Gasteiger partial charge in [-0.3, -0.25) is 9.59 Å². The number of morpholine rings is 1. The molecule has 0 aliphatic carbocycles. The summed E-state index contributed by atoms with van der Waals surface area (Å²) in [5.41, 5.74) is 1.30. The van der Waals surface area contributed by atoms with Crippen LogP contribution >= 0.6 is 0 Å².